The number of hydrogen-bond acceptors (Lipinski definition) is 4. The largest absolute Gasteiger partial charge is 0.489 e. The van der Waals surface area contributed by atoms with E-state index in [9.17, 15) is 10.1 Å². The fraction of sp³-hybridized carbons (Fsp3) is 0.524. The molecule has 0 aromatic heterocycles. The number of carbonyl (C=O) groups excluding carboxylic acids is 1. The lowest BCUT2D eigenvalue weighted by atomic mass is 9.95. The molecule has 1 amide bonds. The number of nitrogens with one attached hydrogen (secondary N) is 1. The lowest BCUT2D eigenvalue weighted by Gasteiger charge is -2.22. The molecule has 1 saturated carbocycles. The molecular weight excluding hydrogens is 328 g/mol. The lowest BCUT2D eigenvalue weighted by molar-refractivity contribution is -0.117. The minimum atomic E-state index is -0.298. The maximum absolute atomic E-state index is 12.4. The van der Waals surface area contributed by atoms with Crippen LogP contribution in [-0.4, -0.2) is 25.2 Å². The normalized spacial score (nSPS) is 20.0. The summed E-state index contributed by atoms with van der Waals surface area (Å²) in [5, 5.41) is 12.4. The molecule has 0 atom stereocenters. The highest BCUT2D eigenvalue weighted by atomic mass is 16.5. The van der Waals surface area contributed by atoms with Crippen LogP contribution in [0.5, 0.6) is 11.5 Å². The second-order valence-electron chi connectivity index (χ2n) is 7.93. The Kier molecular flexibility index (Phi) is 5.51. The van der Waals surface area contributed by atoms with Gasteiger partial charge in [-0.25, -0.2) is 0 Å². The molecule has 2 aliphatic rings. The third-order valence-corrected chi connectivity index (χ3v) is 4.82. The Balaban J connectivity index is 1.74. The molecule has 3 rings (SSSR count). The Morgan fingerprint density at radius 3 is 2.58 bits per heavy atom. The number of nitriles is 1. The number of nitrogens with zero attached hydrogens (tertiary/aromatic N) is 1. The molecule has 0 bridgehead atoms. The third-order valence-electron chi connectivity index (χ3n) is 4.82. The van der Waals surface area contributed by atoms with Crippen LogP contribution in [0.25, 0.3) is 6.08 Å². The summed E-state index contributed by atoms with van der Waals surface area (Å²) in [5.74, 6) is 1.04. The average Bonchev–Trinajstić information content (AvgIpc) is 2.79. The molecule has 1 N–H and O–H groups in total. The van der Waals surface area contributed by atoms with Crippen molar-refractivity contribution >= 4 is 12.0 Å². The van der Waals surface area contributed by atoms with Gasteiger partial charge in [0.05, 0.1) is 13.2 Å². The smallest absolute Gasteiger partial charge is 0.262 e. The van der Waals surface area contributed by atoms with Crippen molar-refractivity contribution in [3.8, 4) is 17.6 Å². The molecule has 0 unspecified atom stereocenters. The molecule has 1 aliphatic carbocycles. The van der Waals surface area contributed by atoms with Crippen molar-refractivity contribution in [3.05, 3.63) is 29.3 Å². The first-order valence-electron chi connectivity index (χ1n) is 9.29. The SMILES string of the molecule is CC1(C)COc2ccc(/C=C(\C#N)C(=O)NC3CCCCC3)cc2OC1. The second kappa shape index (κ2) is 7.82. The van der Waals surface area contributed by atoms with Gasteiger partial charge in [-0.15, -0.1) is 0 Å². The molecule has 1 aliphatic heterocycles. The summed E-state index contributed by atoms with van der Waals surface area (Å²) >= 11 is 0. The van der Waals surface area contributed by atoms with Crippen LogP contribution in [0.2, 0.25) is 0 Å². The zero-order valence-electron chi connectivity index (χ0n) is 15.5. The summed E-state index contributed by atoms with van der Waals surface area (Å²) in [5.41, 5.74) is 0.806. The summed E-state index contributed by atoms with van der Waals surface area (Å²) in [6.45, 7) is 5.31. The van der Waals surface area contributed by atoms with Gasteiger partial charge >= 0.3 is 0 Å². The van der Waals surface area contributed by atoms with E-state index in [0.29, 0.717) is 24.7 Å². The molecule has 0 saturated heterocycles. The Morgan fingerprint density at radius 1 is 1.19 bits per heavy atom. The van der Waals surface area contributed by atoms with Gasteiger partial charge in [0.15, 0.2) is 11.5 Å². The molecule has 1 aromatic rings. The number of fused-ring (bicyclic) bond motifs is 1. The minimum absolute atomic E-state index is 0.0628. The lowest BCUT2D eigenvalue weighted by Crippen LogP contribution is -2.36. The molecule has 26 heavy (non-hydrogen) atoms. The van der Waals surface area contributed by atoms with Gasteiger partial charge in [0.25, 0.3) is 5.91 Å². The number of hydrogen-bond donors (Lipinski definition) is 1. The van der Waals surface area contributed by atoms with Crippen molar-refractivity contribution in [1.29, 1.82) is 5.26 Å². The molecule has 0 radical (unpaired) electrons. The summed E-state index contributed by atoms with van der Waals surface area (Å²) in [6, 6.07) is 7.69. The van der Waals surface area contributed by atoms with Crippen LogP contribution < -0.4 is 14.8 Å². The number of rotatable bonds is 3. The van der Waals surface area contributed by atoms with Gasteiger partial charge < -0.3 is 14.8 Å². The molecule has 1 aromatic carbocycles. The predicted molar refractivity (Wildman–Crippen MR) is 99.8 cm³/mol. The van der Waals surface area contributed by atoms with E-state index in [1.54, 1.807) is 6.08 Å². The summed E-state index contributed by atoms with van der Waals surface area (Å²) < 4.78 is 11.7. The molecule has 138 valence electrons. The molecule has 1 heterocycles. The monoisotopic (exact) mass is 354 g/mol. The van der Waals surface area contributed by atoms with Crippen LogP contribution in [0.1, 0.15) is 51.5 Å². The number of benzene rings is 1. The van der Waals surface area contributed by atoms with E-state index in [1.165, 1.54) is 6.42 Å². The van der Waals surface area contributed by atoms with Crippen molar-refractivity contribution in [3.63, 3.8) is 0 Å². The van der Waals surface area contributed by atoms with Crippen molar-refractivity contribution < 1.29 is 14.3 Å². The summed E-state index contributed by atoms with van der Waals surface area (Å²) in [7, 11) is 0. The highest BCUT2D eigenvalue weighted by Crippen LogP contribution is 2.34. The van der Waals surface area contributed by atoms with Crippen molar-refractivity contribution in [2.24, 2.45) is 5.41 Å². The van der Waals surface area contributed by atoms with Crippen LogP contribution in [0.15, 0.2) is 23.8 Å². The van der Waals surface area contributed by atoms with Gasteiger partial charge in [0, 0.05) is 11.5 Å². The second-order valence-corrected chi connectivity index (χ2v) is 7.93. The first-order chi connectivity index (χ1) is 12.5. The first kappa shape index (κ1) is 18.3. The van der Waals surface area contributed by atoms with Gasteiger partial charge in [-0.2, -0.15) is 5.26 Å². The maximum atomic E-state index is 12.4. The molecule has 1 fully saturated rings. The number of ether oxygens (including phenoxy) is 2. The minimum Gasteiger partial charge on any atom is -0.489 e. The van der Waals surface area contributed by atoms with Crippen LogP contribution in [0.3, 0.4) is 0 Å². The highest BCUT2D eigenvalue weighted by molar-refractivity contribution is 6.01. The van der Waals surface area contributed by atoms with Crippen LogP contribution in [0.4, 0.5) is 0 Å². The maximum Gasteiger partial charge on any atom is 0.262 e. The predicted octanol–water partition coefficient (Wildman–Crippen LogP) is 3.84. The molecule has 5 heteroatoms. The molecule has 0 spiro atoms. The van der Waals surface area contributed by atoms with E-state index >= 15 is 0 Å². The van der Waals surface area contributed by atoms with Gasteiger partial charge in [-0.05, 0) is 36.6 Å². The highest BCUT2D eigenvalue weighted by Gasteiger charge is 2.25. The topological polar surface area (TPSA) is 71.3 Å². The van der Waals surface area contributed by atoms with Gasteiger partial charge in [0.1, 0.15) is 11.6 Å². The standard InChI is InChI=1S/C21H26N2O3/c1-21(2)13-25-18-9-8-15(11-19(18)26-14-21)10-16(12-22)20(24)23-17-6-4-3-5-7-17/h8-11,17H,3-7,13-14H2,1-2H3,(H,23,24)/b16-10+. The van der Waals surface area contributed by atoms with Crippen LogP contribution >= 0.6 is 0 Å². The van der Waals surface area contributed by atoms with E-state index in [1.807, 2.05) is 24.3 Å². The van der Waals surface area contributed by atoms with E-state index < -0.39 is 0 Å². The first-order valence-corrected chi connectivity index (χ1v) is 9.29. The van der Waals surface area contributed by atoms with Crippen LogP contribution in [0, 0.1) is 16.7 Å². The van der Waals surface area contributed by atoms with E-state index in [-0.39, 0.29) is 22.9 Å². The fourth-order valence-electron chi connectivity index (χ4n) is 3.26. The summed E-state index contributed by atoms with van der Waals surface area (Å²) in [6.07, 6.45) is 7.08. The Hall–Kier alpha value is -2.48. The number of carbonyl (C=O) groups is 1. The van der Waals surface area contributed by atoms with Crippen LogP contribution in [-0.2, 0) is 4.79 Å². The average molecular weight is 354 g/mol. The van der Waals surface area contributed by atoms with E-state index in [2.05, 4.69) is 19.2 Å². The van der Waals surface area contributed by atoms with Crippen molar-refractivity contribution in [2.45, 2.75) is 52.0 Å². The molecular formula is C21H26N2O3. The zero-order chi connectivity index (χ0) is 18.6. The van der Waals surface area contributed by atoms with Crippen molar-refractivity contribution in [2.75, 3.05) is 13.2 Å². The number of amides is 1. The Morgan fingerprint density at radius 2 is 1.88 bits per heavy atom. The van der Waals surface area contributed by atoms with Gasteiger partial charge in [0.2, 0.25) is 0 Å². The van der Waals surface area contributed by atoms with E-state index in [4.69, 9.17) is 9.47 Å². The zero-order valence-corrected chi connectivity index (χ0v) is 15.5. The Bertz CT molecular complexity index is 740. The fourth-order valence-corrected chi connectivity index (χ4v) is 3.26. The van der Waals surface area contributed by atoms with Gasteiger partial charge in [-0.3, -0.25) is 4.79 Å². The van der Waals surface area contributed by atoms with Gasteiger partial charge in [-0.1, -0.05) is 39.2 Å². The quantitative estimate of drug-likeness (QED) is 0.661. The van der Waals surface area contributed by atoms with Crippen molar-refractivity contribution in [1.82, 2.24) is 5.32 Å². The summed E-state index contributed by atoms with van der Waals surface area (Å²) in [4.78, 5) is 12.4. The molecule has 5 nitrogen and oxygen atoms in total. The third kappa shape index (κ3) is 4.57. The van der Waals surface area contributed by atoms with E-state index in [0.717, 1.165) is 31.2 Å². The Labute approximate surface area is 155 Å².